The quantitative estimate of drug-likeness (QED) is 0.741. The average Bonchev–Trinajstić information content (AvgIpc) is 2.30. The lowest BCUT2D eigenvalue weighted by Crippen LogP contribution is -1.84. The number of rotatable bonds is 2. The SMILES string of the molecule is O=Cc1ccc(-c2ccccc2Br)c(Cl)c1. The van der Waals surface area contributed by atoms with Gasteiger partial charge >= 0.3 is 0 Å². The highest BCUT2D eigenvalue weighted by Crippen LogP contribution is 2.33. The molecule has 0 radical (unpaired) electrons. The molecule has 0 bridgehead atoms. The Morgan fingerprint density at radius 3 is 2.44 bits per heavy atom. The number of halogens is 2. The summed E-state index contributed by atoms with van der Waals surface area (Å²) in [5.41, 5.74) is 2.52. The van der Waals surface area contributed by atoms with Crippen LogP contribution in [0.4, 0.5) is 0 Å². The summed E-state index contributed by atoms with van der Waals surface area (Å²) in [5.74, 6) is 0. The second kappa shape index (κ2) is 4.81. The Hall–Kier alpha value is -1.12. The van der Waals surface area contributed by atoms with Crippen LogP contribution in [0, 0.1) is 0 Å². The average molecular weight is 296 g/mol. The van der Waals surface area contributed by atoms with Crippen LogP contribution in [0.25, 0.3) is 11.1 Å². The first kappa shape index (κ1) is 11.4. The number of hydrogen-bond donors (Lipinski definition) is 0. The van der Waals surface area contributed by atoms with Crippen molar-refractivity contribution in [1.29, 1.82) is 0 Å². The molecule has 0 atom stereocenters. The third kappa shape index (κ3) is 2.18. The van der Waals surface area contributed by atoms with Gasteiger partial charge in [0.25, 0.3) is 0 Å². The fraction of sp³-hybridized carbons (Fsp3) is 0. The maximum Gasteiger partial charge on any atom is 0.150 e. The van der Waals surface area contributed by atoms with Gasteiger partial charge in [0.05, 0.1) is 0 Å². The highest BCUT2D eigenvalue weighted by atomic mass is 79.9. The van der Waals surface area contributed by atoms with Crippen molar-refractivity contribution >= 4 is 33.8 Å². The largest absolute Gasteiger partial charge is 0.298 e. The molecule has 2 aromatic carbocycles. The fourth-order valence-electron chi connectivity index (χ4n) is 1.50. The van der Waals surface area contributed by atoms with Gasteiger partial charge in [-0.1, -0.05) is 57.9 Å². The molecule has 0 amide bonds. The van der Waals surface area contributed by atoms with Crippen LogP contribution in [0.3, 0.4) is 0 Å². The first-order chi connectivity index (χ1) is 7.72. The Morgan fingerprint density at radius 2 is 1.81 bits per heavy atom. The molecule has 16 heavy (non-hydrogen) atoms. The summed E-state index contributed by atoms with van der Waals surface area (Å²) < 4.78 is 0.982. The van der Waals surface area contributed by atoms with Crippen LogP contribution < -0.4 is 0 Å². The van der Waals surface area contributed by atoms with Crippen LogP contribution >= 0.6 is 27.5 Å². The number of benzene rings is 2. The van der Waals surface area contributed by atoms with Gasteiger partial charge in [-0.3, -0.25) is 4.79 Å². The molecule has 80 valence electrons. The fourth-order valence-corrected chi connectivity index (χ4v) is 2.29. The molecule has 2 rings (SSSR count). The van der Waals surface area contributed by atoms with E-state index in [4.69, 9.17) is 11.6 Å². The lowest BCUT2D eigenvalue weighted by molar-refractivity contribution is 0.112. The smallest absolute Gasteiger partial charge is 0.150 e. The van der Waals surface area contributed by atoms with Gasteiger partial charge in [0.15, 0.2) is 0 Å². The van der Waals surface area contributed by atoms with Crippen molar-refractivity contribution in [2.24, 2.45) is 0 Å². The van der Waals surface area contributed by atoms with Crippen molar-refractivity contribution in [1.82, 2.24) is 0 Å². The molecule has 3 heteroatoms. The zero-order valence-electron chi connectivity index (χ0n) is 8.28. The summed E-state index contributed by atoms with van der Waals surface area (Å²) in [6.07, 6.45) is 0.787. The summed E-state index contributed by atoms with van der Waals surface area (Å²) in [7, 11) is 0. The van der Waals surface area contributed by atoms with Gasteiger partial charge in [-0.2, -0.15) is 0 Å². The normalized spacial score (nSPS) is 10.1. The molecule has 0 N–H and O–H groups in total. The van der Waals surface area contributed by atoms with Crippen LogP contribution in [0.5, 0.6) is 0 Å². The van der Waals surface area contributed by atoms with E-state index in [-0.39, 0.29) is 0 Å². The highest BCUT2D eigenvalue weighted by molar-refractivity contribution is 9.10. The summed E-state index contributed by atoms with van der Waals surface area (Å²) in [6.45, 7) is 0. The first-order valence-corrected chi connectivity index (χ1v) is 5.89. The van der Waals surface area contributed by atoms with Crippen LogP contribution in [-0.4, -0.2) is 6.29 Å². The van der Waals surface area contributed by atoms with Gasteiger partial charge in [0, 0.05) is 20.6 Å². The number of aldehydes is 1. The molecule has 0 heterocycles. The summed E-state index contributed by atoms with van der Waals surface area (Å²) in [4.78, 5) is 10.6. The Balaban J connectivity index is 2.57. The van der Waals surface area contributed by atoms with Crippen LogP contribution in [0.2, 0.25) is 5.02 Å². The van der Waals surface area contributed by atoms with E-state index in [0.717, 1.165) is 21.9 Å². The topological polar surface area (TPSA) is 17.1 Å². The van der Waals surface area contributed by atoms with Crippen molar-refractivity contribution < 1.29 is 4.79 Å². The molecule has 0 fully saturated rings. The van der Waals surface area contributed by atoms with Gasteiger partial charge in [-0.05, 0) is 17.7 Å². The van der Waals surface area contributed by atoms with E-state index < -0.39 is 0 Å². The van der Waals surface area contributed by atoms with E-state index in [1.54, 1.807) is 12.1 Å². The number of carbonyl (C=O) groups excluding carboxylic acids is 1. The van der Waals surface area contributed by atoms with Crippen molar-refractivity contribution in [2.75, 3.05) is 0 Å². The number of hydrogen-bond acceptors (Lipinski definition) is 1. The zero-order chi connectivity index (χ0) is 11.5. The van der Waals surface area contributed by atoms with Gasteiger partial charge in [-0.15, -0.1) is 0 Å². The molecular formula is C13H8BrClO. The van der Waals surface area contributed by atoms with Gasteiger partial charge < -0.3 is 0 Å². The standard InChI is InChI=1S/C13H8BrClO/c14-12-4-2-1-3-10(12)11-6-5-9(8-16)7-13(11)15/h1-8H. The minimum absolute atomic E-state index is 0.580. The molecule has 0 spiro atoms. The summed E-state index contributed by atoms with van der Waals surface area (Å²) in [6, 6.07) is 13.1. The molecule has 2 aromatic rings. The molecular weight excluding hydrogens is 287 g/mol. The van der Waals surface area contributed by atoms with Crippen LogP contribution in [0.15, 0.2) is 46.9 Å². The molecule has 0 aromatic heterocycles. The predicted octanol–water partition coefficient (Wildman–Crippen LogP) is 4.58. The number of carbonyl (C=O) groups is 1. The van der Waals surface area contributed by atoms with Crippen LogP contribution in [0.1, 0.15) is 10.4 Å². The first-order valence-electron chi connectivity index (χ1n) is 4.72. The monoisotopic (exact) mass is 294 g/mol. The molecule has 0 aliphatic rings. The van der Waals surface area contributed by atoms with Crippen molar-refractivity contribution in [3.63, 3.8) is 0 Å². The second-order valence-corrected chi connectivity index (χ2v) is 4.60. The Labute approximate surface area is 107 Å². The van der Waals surface area contributed by atoms with E-state index in [1.165, 1.54) is 0 Å². The highest BCUT2D eigenvalue weighted by Gasteiger charge is 2.07. The maximum atomic E-state index is 10.6. The lowest BCUT2D eigenvalue weighted by atomic mass is 10.0. The van der Waals surface area contributed by atoms with Crippen molar-refractivity contribution in [3.05, 3.63) is 57.5 Å². The van der Waals surface area contributed by atoms with Gasteiger partial charge in [0.2, 0.25) is 0 Å². The van der Waals surface area contributed by atoms with E-state index in [2.05, 4.69) is 15.9 Å². The van der Waals surface area contributed by atoms with Crippen LogP contribution in [-0.2, 0) is 0 Å². The minimum atomic E-state index is 0.580. The molecule has 1 nitrogen and oxygen atoms in total. The van der Waals surface area contributed by atoms with Crippen molar-refractivity contribution in [2.45, 2.75) is 0 Å². The summed E-state index contributed by atoms with van der Waals surface area (Å²) in [5, 5.41) is 0.580. The minimum Gasteiger partial charge on any atom is -0.298 e. The van der Waals surface area contributed by atoms with E-state index in [0.29, 0.717) is 10.6 Å². The molecule has 0 saturated heterocycles. The molecule has 0 unspecified atom stereocenters. The lowest BCUT2D eigenvalue weighted by Gasteiger charge is -2.07. The van der Waals surface area contributed by atoms with E-state index in [1.807, 2.05) is 30.3 Å². The van der Waals surface area contributed by atoms with E-state index >= 15 is 0 Å². The molecule has 0 saturated carbocycles. The third-order valence-electron chi connectivity index (χ3n) is 2.29. The predicted molar refractivity (Wildman–Crippen MR) is 70.0 cm³/mol. The molecule has 0 aliphatic carbocycles. The zero-order valence-corrected chi connectivity index (χ0v) is 10.6. The maximum absolute atomic E-state index is 10.6. The second-order valence-electron chi connectivity index (χ2n) is 3.34. The van der Waals surface area contributed by atoms with Crippen molar-refractivity contribution in [3.8, 4) is 11.1 Å². The molecule has 0 aliphatic heterocycles. The third-order valence-corrected chi connectivity index (χ3v) is 3.30. The Kier molecular flexibility index (Phi) is 3.42. The van der Waals surface area contributed by atoms with Gasteiger partial charge in [-0.25, -0.2) is 0 Å². The Bertz CT molecular complexity index is 537. The van der Waals surface area contributed by atoms with Gasteiger partial charge in [0.1, 0.15) is 6.29 Å². The van der Waals surface area contributed by atoms with E-state index in [9.17, 15) is 4.79 Å². The summed E-state index contributed by atoms with van der Waals surface area (Å²) >= 11 is 9.61. The Morgan fingerprint density at radius 1 is 1.06 bits per heavy atom.